The van der Waals surface area contributed by atoms with Gasteiger partial charge in [0, 0.05) is 31.0 Å². The van der Waals surface area contributed by atoms with Crippen LogP contribution in [0.1, 0.15) is 111 Å². The van der Waals surface area contributed by atoms with E-state index in [1.54, 1.807) is 7.05 Å². The van der Waals surface area contributed by atoms with Gasteiger partial charge in [0.05, 0.1) is 6.04 Å². The quantitative estimate of drug-likeness (QED) is 0.233. The lowest BCUT2D eigenvalue weighted by atomic mass is 9.89. The van der Waals surface area contributed by atoms with E-state index in [4.69, 9.17) is 0 Å². The largest absolute Gasteiger partial charge is 0.356 e. The molecule has 5 amide bonds. The molecule has 0 spiro atoms. The Morgan fingerprint density at radius 1 is 0.864 bits per heavy atom. The standard InChI is InChI=1S/C33H53N5O6/c1-33(2,3)32(44)37-26(21-12-7-8-13-21)31(43)38(4)25(18-20-10-5-6-11-20)29(41)36-24(19-22-14-9-17-34-28(22)40)27(39)30(42)35-23-15-16-23/h20-26H,5-19H2,1-4H3,(H,34,40)(H,35,42)(H,36,41)(H,37,44)/t22-,24-,25-,26+/m0/s1. The lowest BCUT2D eigenvalue weighted by molar-refractivity contribution is -0.146. The van der Waals surface area contributed by atoms with Gasteiger partial charge >= 0.3 is 0 Å². The highest BCUT2D eigenvalue weighted by atomic mass is 16.2. The average molecular weight is 616 g/mol. The molecule has 4 aliphatic rings. The molecule has 0 radical (unpaired) electrons. The summed E-state index contributed by atoms with van der Waals surface area (Å²) < 4.78 is 0. The van der Waals surface area contributed by atoms with E-state index in [9.17, 15) is 28.8 Å². The van der Waals surface area contributed by atoms with Crippen LogP contribution in [0.3, 0.4) is 0 Å². The van der Waals surface area contributed by atoms with Gasteiger partial charge in [0.2, 0.25) is 29.4 Å². The third-order valence-corrected chi connectivity index (χ3v) is 9.94. The Morgan fingerprint density at radius 3 is 2.09 bits per heavy atom. The minimum atomic E-state index is -1.18. The van der Waals surface area contributed by atoms with Gasteiger partial charge in [-0.15, -0.1) is 0 Å². The fraction of sp³-hybridized carbons (Fsp3) is 0.818. The molecule has 1 heterocycles. The number of likely N-dealkylation sites (N-methyl/N-ethyl adjacent to an activating group) is 1. The average Bonchev–Trinajstić information content (AvgIpc) is 3.39. The van der Waals surface area contributed by atoms with E-state index in [1.165, 1.54) is 4.90 Å². The molecule has 0 aromatic carbocycles. The van der Waals surface area contributed by atoms with Crippen LogP contribution in [0.15, 0.2) is 0 Å². The number of rotatable bonds is 13. The summed E-state index contributed by atoms with van der Waals surface area (Å²) in [5, 5.41) is 11.4. The minimum absolute atomic E-state index is 0.0169. The maximum atomic E-state index is 14.2. The Morgan fingerprint density at radius 2 is 1.50 bits per heavy atom. The van der Waals surface area contributed by atoms with Crippen LogP contribution >= 0.6 is 0 Å². The highest BCUT2D eigenvalue weighted by Gasteiger charge is 2.42. The van der Waals surface area contributed by atoms with Gasteiger partial charge in [0.15, 0.2) is 0 Å². The molecular weight excluding hydrogens is 562 g/mol. The molecule has 4 fully saturated rings. The number of amides is 5. The van der Waals surface area contributed by atoms with Gasteiger partial charge < -0.3 is 26.2 Å². The summed E-state index contributed by atoms with van der Waals surface area (Å²) in [5.41, 5.74) is -0.684. The molecule has 3 aliphatic carbocycles. The van der Waals surface area contributed by atoms with Crippen LogP contribution in [0.2, 0.25) is 0 Å². The molecule has 4 N–H and O–H groups in total. The van der Waals surface area contributed by atoms with Crippen molar-refractivity contribution in [3.63, 3.8) is 0 Å². The van der Waals surface area contributed by atoms with Gasteiger partial charge in [-0.3, -0.25) is 28.8 Å². The highest BCUT2D eigenvalue weighted by molar-refractivity contribution is 6.38. The van der Waals surface area contributed by atoms with E-state index >= 15 is 0 Å². The molecule has 11 heteroatoms. The number of nitrogens with one attached hydrogen (secondary N) is 4. The van der Waals surface area contributed by atoms with E-state index in [0.717, 1.165) is 70.6 Å². The Hall–Kier alpha value is -2.98. The summed E-state index contributed by atoms with van der Waals surface area (Å²) in [6.45, 7) is 5.98. The topological polar surface area (TPSA) is 154 Å². The number of hydrogen-bond donors (Lipinski definition) is 4. The van der Waals surface area contributed by atoms with Crippen LogP contribution in [0.5, 0.6) is 0 Å². The van der Waals surface area contributed by atoms with E-state index < -0.39 is 47.1 Å². The third-order valence-electron chi connectivity index (χ3n) is 9.94. The second-order valence-electron chi connectivity index (χ2n) is 14.6. The van der Waals surface area contributed by atoms with Crippen LogP contribution < -0.4 is 21.3 Å². The number of carbonyl (C=O) groups excluding carboxylic acids is 6. The predicted molar refractivity (Wildman–Crippen MR) is 165 cm³/mol. The Kier molecular flexibility index (Phi) is 11.5. The number of carbonyl (C=O) groups is 6. The Labute approximate surface area is 261 Å². The monoisotopic (exact) mass is 615 g/mol. The number of piperidine rings is 1. The summed E-state index contributed by atoms with van der Waals surface area (Å²) in [4.78, 5) is 81.6. The molecule has 4 atom stereocenters. The lowest BCUT2D eigenvalue weighted by Crippen LogP contribution is -2.59. The molecule has 4 rings (SSSR count). The maximum absolute atomic E-state index is 14.2. The molecule has 0 bridgehead atoms. The van der Waals surface area contributed by atoms with Crippen molar-refractivity contribution >= 4 is 35.3 Å². The zero-order valence-electron chi connectivity index (χ0n) is 27.0. The van der Waals surface area contributed by atoms with Crippen LogP contribution in [0, 0.1) is 23.2 Å². The molecule has 0 aromatic heterocycles. The normalized spacial score (nSPS) is 23.3. The summed E-state index contributed by atoms with van der Waals surface area (Å²) in [7, 11) is 1.61. The summed E-state index contributed by atoms with van der Waals surface area (Å²) in [6.07, 6.45) is 11.0. The van der Waals surface area contributed by atoms with Crippen molar-refractivity contribution < 1.29 is 28.8 Å². The predicted octanol–water partition coefficient (Wildman–Crippen LogP) is 2.36. The smallest absolute Gasteiger partial charge is 0.289 e. The van der Waals surface area contributed by atoms with E-state index in [0.29, 0.717) is 19.4 Å². The second kappa shape index (κ2) is 14.9. The summed E-state index contributed by atoms with van der Waals surface area (Å²) in [5.74, 6) is -3.01. The van der Waals surface area contributed by atoms with Gasteiger partial charge in [-0.25, -0.2) is 0 Å². The SMILES string of the molecule is CN(C(=O)[C@H](NC(=O)C(C)(C)C)C1CCCC1)[C@@H](CC1CCCC1)C(=O)N[C@@H](C[C@@H]1CCCNC1=O)C(=O)C(=O)NC1CC1. The fourth-order valence-electron chi connectivity index (χ4n) is 6.89. The summed E-state index contributed by atoms with van der Waals surface area (Å²) in [6, 6.07) is -2.85. The molecule has 11 nitrogen and oxygen atoms in total. The van der Waals surface area contributed by atoms with Crippen molar-refractivity contribution in [1.82, 2.24) is 26.2 Å². The number of nitrogens with zero attached hydrogens (tertiary/aromatic N) is 1. The third kappa shape index (κ3) is 9.03. The van der Waals surface area contributed by atoms with E-state index in [2.05, 4.69) is 21.3 Å². The number of ketones is 1. The van der Waals surface area contributed by atoms with Gasteiger partial charge in [0.1, 0.15) is 12.1 Å². The van der Waals surface area contributed by atoms with Crippen molar-refractivity contribution in [3.8, 4) is 0 Å². The van der Waals surface area contributed by atoms with E-state index in [-0.39, 0.29) is 42.0 Å². The first-order valence-corrected chi connectivity index (χ1v) is 16.9. The molecule has 0 aromatic rings. The molecule has 1 saturated heterocycles. The van der Waals surface area contributed by atoms with Gasteiger partial charge in [-0.2, -0.15) is 0 Å². The van der Waals surface area contributed by atoms with Crippen LogP contribution in [0.25, 0.3) is 0 Å². The first-order valence-electron chi connectivity index (χ1n) is 16.9. The van der Waals surface area contributed by atoms with Gasteiger partial charge in [-0.1, -0.05) is 59.3 Å². The number of hydrogen-bond acceptors (Lipinski definition) is 6. The Bertz CT molecular complexity index is 1090. The zero-order chi connectivity index (χ0) is 32.0. The Balaban J connectivity index is 1.56. The molecule has 3 saturated carbocycles. The molecule has 44 heavy (non-hydrogen) atoms. The van der Waals surface area contributed by atoms with Crippen LogP contribution in [-0.2, 0) is 28.8 Å². The van der Waals surface area contributed by atoms with Crippen molar-refractivity contribution in [2.45, 2.75) is 135 Å². The van der Waals surface area contributed by atoms with Crippen molar-refractivity contribution in [2.75, 3.05) is 13.6 Å². The molecular formula is C33H53N5O6. The first-order chi connectivity index (χ1) is 20.8. The van der Waals surface area contributed by atoms with Gasteiger partial charge in [-0.05, 0) is 63.2 Å². The maximum Gasteiger partial charge on any atom is 0.289 e. The summed E-state index contributed by atoms with van der Waals surface area (Å²) >= 11 is 0. The first kappa shape index (κ1) is 33.9. The molecule has 0 unspecified atom stereocenters. The van der Waals surface area contributed by atoms with Crippen molar-refractivity contribution in [3.05, 3.63) is 0 Å². The molecule has 246 valence electrons. The van der Waals surface area contributed by atoms with E-state index in [1.807, 2.05) is 20.8 Å². The van der Waals surface area contributed by atoms with Gasteiger partial charge in [0.25, 0.3) is 5.91 Å². The second-order valence-corrected chi connectivity index (χ2v) is 14.6. The molecule has 1 aliphatic heterocycles. The van der Waals surface area contributed by atoms with Crippen molar-refractivity contribution in [1.29, 1.82) is 0 Å². The fourth-order valence-corrected chi connectivity index (χ4v) is 6.89. The number of Topliss-reactive ketones (excluding diaryl/α,β-unsaturated/α-hetero) is 1. The minimum Gasteiger partial charge on any atom is -0.356 e. The highest BCUT2D eigenvalue weighted by Crippen LogP contribution is 2.32. The van der Waals surface area contributed by atoms with Crippen LogP contribution in [-0.4, -0.2) is 78.0 Å². The lowest BCUT2D eigenvalue weighted by Gasteiger charge is -2.36. The zero-order valence-corrected chi connectivity index (χ0v) is 27.0. The van der Waals surface area contributed by atoms with Crippen molar-refractivity contribution in [2.24, 2.45) is 23.2 Å². The van der Waals surface area contributed by atoms with Crippen LogP contribution in [0.4, 0.5) is 0 Å².